The molecule has 0 heterocycles. The van der Waals surface area contributed by atoms with Gasteiger partial charge in [0.15, 0.2) is 0 Å². The first-order chi connectivity index (χ1) is 47.1. The molecular formula is C79H130N6O14. The molecule has 0 aromatic heterocycles. The number of carbonyl (C=O) groups excluding carboxylic acids is 9. The van der Waals surface area contributed by atoms with Crippen LogP contribution in [-0.2, 0) is 75.1 Å². The predicted molar refractivity (Wildman–Crippen MR) is 389 cm³/mol. The van der Waals surface area contributed by atoms with Crippen LogP contribution in [0.5, 0.6) is 5.75 Å². The van der Waals surface area contributed by atoms with Crippen LogP contribution in [0.25, 0.3) is 0 Å². The maximum Gasteiger partial charge on any atom is 0.334 e. The van der Waals surface area contributed by atoms with Crippen LogP contribution in [-0.4, -0.2) is 131 Å². The van der Waals surface area contributed by atoms with Crippen LogP contribution in [0.1, 0.15) is 260 Å². The van der Waals surface area contributed by atoms with E-state index in [1.54, 1.807) is 21.0 Å². The van der Waals surface area contributed by atoms with Gasteiger partial charge in [-0.1, -0.05) is 124 Å². The lowest BCUT2D eigenvalue weighted by atomic mass is 9.55. The van der Waals surface area contributed by atoms with E-state index in [-0.39, 0.29) is 95.5 Å². The van der Waals surface area contributed by atoms with Crippen LogP contribution in [0.3, 0.4) is 0 Å². The van der Waals surface area contributed by atoms with Gasteiger partial charge in [-0.3, -0.25) is 28.8 Å². The summed E-state index contributed by atoms with van der Waals surface area (Å²) < 4.78 is 28.0. The molecule has 5 rings (SSSR count). The minimum absolute atomic E-state index is 0.0143. The monoisotopic (exact) mass is 1390 g/mol. The van der Waals surface area contributed by atoms with Crippen LogP contribution in [0, 0.1) is 40.9 Å². The van der Waals surface area contributed by atoms with Crippen LogP contribution < -0.4 is 36.6 Å². The molecule has 3 aliphatic carbocycles. The Bertz CT molecular complexity index is 2740. The number of esters is 5. The van der Waals surface area contributed by atoms with Gasteiger partial charge in [0.1, 0.15) is 54.5 Å². The largest absolute Gasteiger partial charge is 0.465 e. The van der Waals surface area contributed by atoms with Gasteiger partial charge in [-0.2, -0.15) is 0 Å². The summed E-state index contributed by atoms with van der Waals surface area (Å²) in [5.41, 5.74) is 3.64. The highest BCUT2D eigenvalue weighted by molar-refractivity contribution is 5.85. The molecule has 0 aliphatic heterocycles. The number of ketones is 1. The van der Waals surface area contributed by atoms with Crippen molar-refractivity contribution in [2.75, 3.05) is 40.9 Å². The van der Waals surface area contributed by atoms with Crippen LogP contribution in [0.4, 0.5) is 0 Å². The third-order valence-corrected chi connectivity index (χ3v) is 19.3. The topological polar surface area (TPSA) is 272 Å². The van der Waals surface area contributed by atoms with E-state index in [0.29, 0.717) is 87.2 Å². The molecule has 4 unspecified atom stereocenters. The number of rotatable bonds is 43. The highest BCUT2D eigenvalue weighted by Gasteiger charge is 2.56. The van der Waals surface area contributed by atoms with Gasteiger partial charge in [-0.25, -0.2) is 9.59 Å². The zero-order chi connectivity index (χ0) is 73.5. The molecule has 20 heteroatoms. The van der Waals surface area contributed by atoms with Crippen molar-refractivity contribution in [1.82, 2.24) is 31.9 Å². The van der Waals surface area contributed by atoms with Gasteiger partial charge >= 0.3 is 29.8 Å². The first-order valence-corrected chi connectivity index (χ1v) is 37.5. The Hall–Kier alpha value is -6.25. The number of hydrogen-bond acceptors (Lipinski definition) is 17. The second-order valence-corrected chi connectivity index (χ2v) is 29.8. The van der Waals surface area contributed by atoms with E-state index in [0.717, 1.165) is 134 Å². The first-order valence-electron chi connectivity index (χ1n) is 37.5. The van der Waals surface area contributed by atoms with Crippen molar-refractivity contribution in [3.63, 3.8) is 0 Å². The third kappa shape index (κ3) is 33.9. The molecular weight excluding hydrogens is 1260 g/mol. The number of Topliss-reactive ketones (excluding diaryl/α,β-unsaturated/α-hetero) is 1. The number of benzene rings is 2. The minimum atomic E-state index is -0.646. The van der Waals surface area contributed by atoms with Gasteiger partial charge in [0.2, 0.25) is 17.7 Å². The molecule has 6 N–H and O–H groups in total. The van der Waals surface area contributed by atoms with E-state index in [4.69, 9.17) is 23.7 Å². The highest BCUT2D eigenvalue weighted by Crippen LogP contribution is 2.61. The maximum absolute atomic E-state index is 13.0. The first kappa shape index (κ1) is 87.0. The summed E-state index contributed by atoms with van der Waals surface area (Å²) in [5.74, 6) is 2.14. The molecule has 0 saturated heterocycles. The molecule has 0 spiro atoms. The standard InChI is InChI=1S/C33H50N2O5.C25H40N2O4.C21H40N2O5/c1-19(2)16-28(34-7)31(37)40-30-13-12-27-26-10-8-22-18-23(9-11-24(22)25(26)14-15-33(27,30)6)39-32(38)29(17-20(3)4)35-21(5)36;1-21(28)14-8-5-3-4-6-11-18-24(29)27-19-13-12-17-23(26-2)25(30)31-20-22-15-9-7-10-16-22;1-15(2)13-18(22-6)20(25)27-11-9-7-8-10-12-28-21(26)19(14-16(3)4)23-17(5)24/h9,11,18-20,25-30,34H,8,10,12-17H2,1-7H3,(H,35,36);7,9-10,15-16,23,26H,3-6,8,11-14,17-20H2,1-2H3,(H,27,29);15-16,18-19,22H,7-14H2,1-6H3,(H,23,24)/t25?,26?,27?,28-,29+,30+,33+;;18-,19+/m1.1/s1. The predicted octanol–water partition coefficient (Wildman–Crippen LogP) is 12.7. The van der Waals surface area contributed by atoms with Crippen molar-refractivity contribution in [2.45, 2.75) is 292 Å². The Morgan fingerprint density at radius 1 is 0.515 bits per heavy atom. The Kier molecular flexibility index (Phi) is 42.0. The lowest BCUT2D eigenvalue weighted by Crippen LogP contribution is -2.47. The van der Waals surface area contributed by atoms with Crippen molar-refractivity contribution in [3.05, 3.63) is 65.2 Å². The normalized spacial score (nSPS) is 19.0. The summed E-state index contributed by atoms with van der Waals surface area (Å²) in [7, 11) is 5.38. The van der Waals surface area contributed by atoms with E-state index < -0.39 is 18.1 Å². The molecule has 20 nitrogen and oxygen atoms in total. The summed E-state index contributed by atoms with van der Waals surface area (Å²) in [5, 5.41) is 17.5. The van der Waals surface area contributed by atoms with Crippen molar-refractivity contribution in [3.8, 4) is 5.75 Å². The quantitative estimate of drug-likeness (QED) is 0.0156. The number of nitrogens with one attached hydrogen (secondary N) is 6. The molecule has 2 aromatic carbocycles. The Balaban J connectivity index is 0.000000395. The molecule has 2 aromatic rings. The Morgan fingerprint density at radius 2 is 1.02 bits per heavy atom. The van der Waals surface area contributed by atoms with E-state index in [9.17, 15) is 43.2 Å². The Labute approximate surface area is 594 Å². The summed E-state index contributed by atoms with van der Waals surface area (Å²) in [6, 6.07) is 13.7. The van der Waals surface area contributed by atoms with Crippen LogP contribution in [0.2, 0.25) is 0 Å². The molecule has 2 fully saturated rings. The number of unbranched alkanes of at least 4 members (excludes halogenated alkanes) is 9. The maximum atomic E-state index is 13.0. The fourth-order valence-electron chi connectivity index (χ4n) is 14.1. The molecule has 0 bridgehead atoms. The van der Waals surface area contributed by atoms with E-state index >= 15 is 0 Å². The summed E-state index contributed by atoms with van der Waals surface area (Å²) >= 11 is 0. The summed E-state index contributed by atoms with van der Waals surface area (Å²) in [6.07, 6.45) is 22.1. The number of carbonyl (C=O) groups is 9. The number of ether oxygens (including phenoxy) is 5. The number of fused-ring (bicyclic) bond motifs is 5. The average Bonchev–Trinajstić information content (AvgIpc) is 1.67. The highest BCUT2D eigenvalue weighted by atomic mass is 16.6. The number of likely N-dealkylation sites (N-methyl/N-ethyl adjacent to an activating group) is 3. The second kappa shape index (κ2) is 47.8. The smallest absolute Gasteiger partial charge is 0.334 e. The lowest BCUT2D eigenvalue weighted by molar-refractivity contribution is -0.160. The van der Waals surface area contributed by atoms with E-state index in [1.807, 2.05) is 77.2 Å². The zero-order valence-corrected chi connectivity index (χ0v) is 63.3. The molecule has 10 atom stereocenters. The van der Waals surface area contributed by atoms with Crippen molar-refractivity contribution >= 4 is 53.4 Å². The average molecular weight is 1390 g/mol. The van der Waals surface area contributed by atoms with E-state index in [2.05, 4.69) is 72.6 Å². The lowest BCUT2D eigenvalue weighted by Gasteiger charge is -2.50. The van der Waals surface area contributed by atoms with Gasteiger partial charge < -0.3 is 60.4 Å². The zero-order valence-electron chi connectivity index (χ0n) is 63.3. The third-order valence-electron chi connectivity index (χ3n) is 19.3. The minimum Gasteiger partial charge on any atom is -0.465 e. The van der Waals surface area contributed by atoms with Crippen LogP contribution in [0.15, 0.2) is 48.5 Å². The van der Waals surface area contributed by atoms with Crippen molar-refractivity contribution < 1.29 is 66.8 Å². The summed E-state index contributed by atoms with van der Waals surface area (Å²) in [6.45, 7) is 24.9. The van der Waals surface area contributed by atoms with Gasteiger partial charge in [0.25, 0.3) is 0 Å². The second-order valence-electron chi connectivity index (χ2n) is 29.8. The molecule has 3 amide bonds. The number of aryl methyl sites for hydroxylation is 1. The summed E-state index contributed by atoms with van der Waals surface area (Å²) in [4.78, 5) is 108. The SMILES string of the molecule is CNC(CCCCNC(=O)CCCCCCCCC(C)=O)C(=O)OCc1ccccc1.CN[C@H](CC(C)C)C(=O)OCCCCCCOC(=O)[C@H](CC(C)C)NC(C)=O.CN[C@H](CC(C)C)C(=O)O[C@H]1CCC2C3CCc4cc(OC(=O)[C@H](CC(C)C)NC(C)=O)ccc4C3CC[C@@]21C. The number of hydrogen-bond donors (Lipinski definition) is 6. The fourth-order valence-corrected chi connectivity index (χ4v) is 14.1. The molecule has 0 radical (unpaired) electrons. The number of amides is 3. The molecule has 99 heavy (non-hydrogen) atoms. The molecule has 2 saturated carbocycles. The van der Waals surface area contributed by atoms with Gasteiger partial charge in [0.05, 0.1) is 13.2 Å². The van der Waals surface area contributed by atoms with Gasteiger partial charge in [-0.05, 0) is 220 Å². The van der Waals surface area contributed by atoms with Crippen molar-refractivity contribution in [2.24, 2.45) is 40.9 Å². The van der Waals surface area contributed by atoms with E-state index in [1.165, 1.54) is 25.0 Å². The molecule has 560 valence electrons. The van der Waals surface area contributed by atoms with Crippen molar-refractivity contribution in [1.29, 1.82) is 0 Å². The molecule has 3 aliphatic rings. The fraction of sp³-hybridized carbons (Fsp3) is 0.734. The Morgan fingerprint density at radius 3 is 1.57 bits per heavy atom. The van der Waals surface area contributed by atoms with Crippen LogP contribution >= 0.6 is 0 Å². The van der Waals surface area contributed by atoms with Gasteiger partial charge in [-0.15, -0.1) is 0 Å². The van der Waals surface area contributed by atoms with Gasteiger partial charge in [0, 0.05) is 38.6 Å².